The number of ketones is 1. The molecule has 0 spiro atoms. The number of aryl methyl sites for hydroxylation is 1. The Kier molecular flexibility index (Phi) is 6.63. The maximum atomic E-state index is 12.9. The molecule has 176 valence electrons. The van der Waals surface area contributed by atoms with E-state index in [1.54, 1.807) is 0 Å². The van der Waals surface area contributed by atoms with Gasteiger partial charge in [-0.15, -0.1) is 11.3 Å². The Morgan fingerprint density at radius 2 is 1.94 bits per heavy atom. The number of hydrogen-bond donors (Lipinski definition) is 0. The molecule has 1 saturated heterocycles. The molecule has 13 heteroatoms. The fraction of sp³-hybridized carbons (Fsp3) is 0.350. The third-order valence-electron chi connectivity index (χ3n) is 5.21. The molecule has 7 nitrogen and oxygen atoms in total. The number of carbonyl (C=O) groups is 1. The van der Waals surface area contributed by atoms with Crippen LogP contribution in [0.1, 0.15) is 30.7 Å². The van der Waals surface area contributed by atoms with E-state index in [2.05, 4.69) is 10.1 Å². The summed E-state index contributed by atoms with van der Waals surface area (Å²) in [5, 5.41) is 3.75. The lowest BCUT2D eigenvalue weighted by molar-refractivity contribution is -0.137. The molecule has 1 atom stereocenters. The van der Waals surface area contributed by atoms with Crippen LogP contribution in [0.3, 0.4) is 0 Å². The number of nitrogens with zero attached hydrogens (tertiary/aromatic N) is 3. The third-order valence-corrected chi connectivity index (χ3v) is 8.82. The minimum absolute atomic E-state index is 0.0173. The number of sulfonamides is 1. The van der Waals surface area contributed by atoms with Gasteiger partial charge in [-0.3, -0.25) is 4.79 Å². The molecule has 0 aliphatic carbocycles. The maximum absolute atomic E-state index is 12.9. The molecule has 0 bridgehead atoms. The van der Waals surface area contributed by atoms with E-state index in [0.717, 1.165) is 23.5 Å². The highest BCUT2D eigenvalue weighted by Crippen LogP contribution is 2.33. The summed E-state index contributed by atoms with van der Waals surface area (Å²) >= 11 is 6.80. The quantitative estimate of drug-likeness (QED) is 0.444. The number of aromatic nitrogens is 2. The van der Waals surface area contributed by atoms with Crippen LogP contribution >= 0.6 is 22.9 Å². The highest BCUT2D eigenvalue weighted by atomic mass is 35.5. The molecule has 3 heterocycles. The SMILES string of the molecule is O=C(CCc1nc(-c2ccc(C(F)(F)F)cc2)no1)[C@@H]1CCCN1S(=O)(=O)c1ccc(Cl)s1. The van der Waals surface area contributed by atoms with Crippen molar-refractivity contribution in [2.45, 2.75) is 42.1 Å². The first kappa shape index (κ1) is 23.9. The van der Waals surface area contributed by atoms with Gasteiger partial charge in [-0.25, -0.2) is 8.42 Å². The molecule has 1 fully saturated rings. The van der Waals surface area contributed by atoms with Gasteiger partial charge in [-0.1, -0.05) is 28.9 Å². The molecule has 1 aliphatic rings. The van der Waals surface area contributed by atoms with Gasteiger partial charge in [0.25, 0.3) is 10.0 Å². The van der Waals surface area contributed by atoms with Crippen molar-refractivity contribution >= 4 is 38.7 Å². The zero-order chi connectivity index (χ0) is 23.8. The van der Waals surface area contributed by atoms with Gasteiger partial charge in [0.05, 0.1) is 15.9 Å². The van der Waals surface area contributed by atoms with Gasteiger partial charge in [-0.2, -0.15) is 22.5 Å². The average Bonchev–Trinajstić information content (AvgIpc) is 3.52. The molecular formula is C20H17ClF3N3O4S2. The van der Waals surface area contributed by atoms with Gasteiger partial charge in [0.15, 0.2) is 5.78 Å². The number of hydrogen-bond acceptors (Lipinski definition) is 7. The van der Waals surface area contributed by atoms with Crippen LogP contribution in [0.5, 0.6) is 0 Å². The first-order valence-corrected chi connectivity index (χ1v) is 12.5. The van der Waals surface area contributed by atoms with E-state index in [-0.39, 0.29) is 41.1 Å². The van der Waals surface area contributed by atoms with Crippen LogP contribution in [-0.2, 0) is 27.4 Å². The fourth-order valence-corrected chi connectivity index (χ4v) is 6.87. The van der Waals surface area contributed by atoms with Crippen LogP contribution in [0, 0.1) is 0 Å². The van der Waals surface area contributed by atoms with Gasteiger partial charge in [0, 0.05) is 24.9 Å². The lowest BCUT2D eigenvalue weighted by atomic mass is 10.1. The van der Waals surface area contributed by atoms with E-state index in [1.165, 1.54) is 28.6 Å². The van der Waals surface area contributed by atoms with E-state index in [1.807, 2.05) is 0 Å². The van der Waals surface area contributed by atoms with Crippen LogP contribution in [0.25, 0.3) is 11.4 Å². The Bertz CT molecular complexity index is 1260. The van der Waals surface area contributed by atoms with E-state index >= 15 is 0 Å². The molecule has 1 aromatic carbocycles. The first-order valence-electron chi connectivity index (χ1n) is 9.86. The summed E-state index contributed by atoms with van der Waals surface area (Å²) in [4.78, 5) is 16.9. The Balaban J connectivity index is 1.40. The van der Waals surface area contributed by atoms with Crippen molar-refractivity contribution in [2.75, 3.05) is 6.54 Å². The second-order valence-corrected chi connectivity index (χ2v) is 11.2. The van der Waals surface area contributed by atoms with Crippen molar-refractivity contribution in [3.63, 3.8) is 0 Å². The summed E-state index contributed by atoms with van der Waals surface area (Å²) in [7, 11) is -3.83. The normalized spacial score (nSPS) is 17.5. The molecule has 0 unspecified atom stereocenters. The van der Waals surface area contributed by atoms with Crippen LogP contribution in [-0.4, -0.2) is 41.2 Å². The number of thiophene rings is 1. The monoisotopic (exact) mass is 519 g/mol. The first-order chi connectivity index (χ1) is 15.6. The number of rotatable bonds is 7. The van der Waals surface area contributed by atoms with Gasteiger partial charge < -0.3 is 4.52 Å². The molecule has 33 heavy (non-hydrogen) atoms. The standard InChI is InChI=1S/C20H17ClF3N3O4S2/c21-16-8-10-18(32-16)33(29,30)27-11-1-2-14(27)15(28)7-9-17-25-19(26-31-17)12-3-5-13(6-4-12)20(22,23)24/h3-6,8,10,14H,1-2,7,9,11H2/t14-/m0/s1. The molecule has 2 aromatic heterocycles. The highest BCUT2D eigenvalue weighted by Gasteiger charge is 2.39. The molecular weight excluding hydrogens is 503 g/mol. The minimum atomic E-state index is -4.45. The van der Waals surface area contributed by atoms with Crippen molar-refractivity contribution < 1.29 is 30.9 Å². The zero-order valence-corrected chi connectivity index (χ0v) is 19.3. The average molecular weight is 520 g/mol. The summed E-state index contributed by atoms with van der Waals surface area (Å²) in [5.41, 5.74) is -0.451. The van der Waals surface area contributed by atoms with E-state index in [4.69, 9.17) is 16.1 Å². The van der Waals surface area contributed by atoms with Crippen LogP contribution < -0.4 is 0 Å². The summed E-state index contributed by atoms with van der Waals surface area (Å²) in [5.74, 6) is -0.0329. The number of Topliss-reactive ketones (excluding diaryl/α,β-unsaturated/α-hetero) is 1. The van der Waals surface area contributed by atoms with Crippen molar-refractivity contribution in [1.29, 1.82) is 0 Å². The molecule has 1 aliphatic heterocycles. The van der Waals surface area contributed by atoms with Gasteiger partial charge in [0.2, 0.25) is 11.7 Å². The van der Waals surface area contributed by atoms with E-state index in [9.17, 15) is 26.4 Å². The Hall–Kier alpha value is -2.28. The summed E-state index contributed by atoms with van der Waals surface area (Å²) < 4.78 is 70.7. The number of carbonyl (C=O) groups excluding carboxylic acids is 1. The van der Waals surface area contributed by atoms with Gasteiger partial charge in [-0.05, 0) is 37.1 Å². The summed E-state index contributed by atoms with van der Waals surface area (Å²) in [6, 6.07) is 6.45. The minimum Gasteiger partial charge on any atom is -0.339 e. The van der Waals surface area contributed by atoms with E-state index < -0.39 is 27.8 Å². The molecule has 0 radical (unpaired) electrons. The Morgan fingerprint density at radius 3 is 2.58 bits per heavy atom. The second kappa shape index (κ2) is 9.16. The third kappa shape index (κ3) is 5.13. The van der Waals surface area contributed by atoms with Crippen molar-refractivity contribution in [3.05, 3.63) is 52.2 Å². The largest absolute Gasteiger partial charge is 0.416 e. The topological polar surface area (TPSA) is 93.4 Å². The molecule has 4 rings (SSSR count). The molecule has 0 amide bonds. The maximum Gasteiger partial charge on any atom is 0.416 e. The van der Waals surface area contributed by atoms with Crippen LogP contribution in [0.2, 0.25) is 4.34 Å². The Morgan fingerprint density at radius 1 is 1.21 bits per heavy atom. The summed E-state index contributed by atoms with van der Waals surface area (Å²) in [6.07, 6.45) is -3.40. The van der Waals surface area contributed by atoms with Gasteiger partial charge >= 0.3 is 6.18 Å². The number of benzene rings is 1. The number of halogens is 4. The van der Waals surface area contributed by atoms with Crippen LogP contribution in [0.4, 0.5) is 13.2 Å². The second-order valence-electron chi connectivity index (χ2n) is 7.39. The van der Waals surface area contributed by atoms with E-state index in [0.29, 0.717) is 22.7 Å². The lowest BCUT2D eigenvalue weighted by Crippen LogP contribution is -2.40. The van der Waals surface area contributed by atoms with Crippen molar-refractivity contribution in [3.8, 4) is 11.4 Å². The smallest absolute Gasteiger partial charge is 0.339 e. The molecule has 0 N–H and O–H groups in total. The number of alkyl halides is 3. The summed E-state index contributed by atoms with van der Waals surface area (Å²) in [6.45, 7) is 0.243. The van der Waals surface area contributed by atoms with Crippen molar-refractivity contribution in [1.82, 2.24) is 14.4 Å². The van der Waals surface area contributed by atoms with Crippen LogP contribution in [0.15, 0.2) is 45.1 Å². The van der Waals surface area contributed by atoms with Gasteiger partial charge in [0.1, 0.15) is 4.21 Å². The fourth-order valence-electron chi connectivity index (χ4n) is 3.58. The Labute approximate surface area is 196 Å². The predicted octanol–water partition coefficient (Wildman–Crippen LogP) is 4.83. The predicted molar refractivity (Wildman–Crippen MR) is 114 cm³/mol. The molecule has 3 aromatic rings. The molecule has 0 saturated carbocycles. The highest BCUT2D eigenvalue weighted by molar-refractivity contribution is 7.91. The van der Waals surface area contributed by atoms with Crippen molar-refractivity contribution in [2.24, 2.45) is 0 Å². The zero-order valence-electron chi connectivity index (χ0n) is 16.9. The lowest BCUT2D eigenvalue weighted by Gasteiger charge is -2.22.